The van der Waals surface area contributed by atoms with Crippen molar-refractivity contribution in [2.45, 2.75) is 12.2 Å². The first kappa shape index (κ1) is 11.9. The third-order valence-corrected chi connectivity index (χ3v) is 2.08. The highest BCUT2D eigenvalue weighted by Gasteiger charge is 2.18. The highest BCUT2D eigenvalue weighted by molar-refractivity contribution is 5.21. The van der Waals surface area contributed by atoms with Crippen molar-refractivity contribution in [3.8, 4) is 5.75 Å². The fourth-order valence-electron chi connectivity index (χ4n) is 1.21. The Labute approximate surface area is 88.7 Å². The number of likely N-dealkylation sites (N-methyl/N-ethyl adjacent to an activating group) is 1. The zero-order valence-electron chi connectivity index (χ0n) is 8.84. The summed E-state index contributed by atoms with van der Waals surface area (Å²) in [5.74, 6) is 0.619. The molecule has 0 fully saturated rings. The van der Waals surface area contributed by atoms with Crippen LogP contribution in [0.25, 0.3) is 0 Å². The van der Waals surface area contributed by atoms with Crippen LogP contribution in [0.5, 0.6) is 5.75 Å². The molecule has 5 heteroatoms. The summed E-state index contributed by atoms with van der Waals surface area (Å²) in [6.45, 7) is 0.314. The fourth-order valence-corrected chi connectivity index (χ4v) is 1.21. The monoisotopic (exact) mass is 212 g/mol. The summed E-state index contributed by atoms with van der Waals surface area (Å²) in [7, 11) is 3.25. The zero-order chi connectivity index (χ0) is 11.3. The molecule has 0 aliphatic carbocycles. The Bertz CT molecular complexity index is 289. The third kappa shape index (κ3) is 3.16. The van der Waals surface area contributed by atoms with Gasteiger partial charge >= 0.3 is 0 Å². The molecule has 0 amide bonds. The van der Waals surface area contributed by atoms with E-state index in [-0.39, 0.29) is 0 Å². The molecule has 0 bridgehead atoms. The molecule has 0 saturated carbocycles. The van der Waals surface area contributed by atoms with Crippen LogP contribution in [0.15, 0.2) is 18.3 Å². The van der Waals surface area contributed by atoms with Gasteiger partial charge in [-0.2, -0.15) is 0 Å². The molecular formula is C10H16N2O3. The molecule has 0 aromatic carbocycles. The van der Waals surface area contributed by atoms with Gasteiger partial charge in [-0.25, -0.2) is 0 Å². The summed E-state index contributed by atoms with van der Waals surface area (Å²) in [5, 5.41) is 22.0. The van der Waals surface area contributed by atoms with Crippen LogP contribution in [-0.4, -0.2) is 42.0 Å². The number of hydrogen-bond acceptors (Lipinski definition) is 5. The van der Waals surface area contributed by atoms with E-state index in [0.717, 1.165) is 0 Å². The topological polar surface area (TPSA) is 74.6 Å². The quantitative estimate of drug-likeness (QED) is 0.625. The summed E-state index contributed by atoms with van der Waals surface area (Å²) >= 11 is 0. The van der Waals surface area contributed by atoms with E-state index < -0.39 is 12.2 Å². The average molecular weight is 212 g/mol. The maximum absolute atomic E-state index is 9.69. The van der Waals surface area contributed by atoms with Gasteiger partial charge in [-0.15, -0.1) is 0 Å². The Morgan fingerprint density at radius 3 is 2.67 bits per heavy atom. The Morgan fingerprint density at radius 1 is 1.47 bits per heavy atom. The minimum Gasteiger partial charge on any atom is -0.495 e. The van der Waals surface area contributed by atoms with Crippen molar-refractivity contribution in [1.29, 1.82) is 0 Å². The smallest absolute Gasteiger partial charge is 0.137 e. The minimum atomic E-state index is -0.983. The van der Waals surface area contributed by atoms with Gasteiger partial charge in [0.15, 0.2) is 0 Å². The second kappa shape index (κ2) is 5.65. The molecule has 2 atom stereocenters. The van der Waals surface area contributed by atoms with Gasteiger partial charge in [0, 0.05) is 6.54 Å². The zero-order valence-corrected chi connectivity index (χ0v) is 8.84. The molecule has 0 saturated heterocycles. The number of nitrogens with one attached hydrogen (secondary N) is 1. The summed E-state index contributed by atoms with van der Waals surface area (Å²) in [6, 6.07) is 3.32. The predicted molar refractivity (Wildman–Crippen MR) is 55.7 cm³/mol. The van der Waals surface area contributed by atoms with Gasteiger partial charge in [0.25, 0.3) is 0 Å². The van der Waals surface area contributed by atoms with E-state index in [1.807, 2.05) is 0 Å². The molecule has 84 valence electrons. The van der Waals surface area contributed by atoms with Gasteiger partial charge in [0.2, 0.25) is 0 Å². The number of methoxy groups -OCH3 is 1. The standard InChI is InChI=1S/C10H16N2O3/c1-11-6-9(13)10(14)8-4-3-7(15-2)5-12-8/h3-5,9-11,13-14H,6H2,1-2H3. The minimum absolute atomic E-state index is 0.314. The number of aliphatic hydroxyl groups is 2. The second-order valence-corrected chi connectivity index (χ2v) is 3.19. The van der Waals surface area contributed by atoms with Gasteiger partial charge in [0.1, 0.15) is 11.9 Å². The van der Waals surface area contributed by atoms with Gasteiger partial charge in [0.05, 0.1) is 25.1 Å². The van der Waals surface area contributed by atoms with Gasteiger partial charge in [-0.05, 0) is 19.2 Å². The molecule has 3 N–H and O–H groups in total. The SMILES string of the molecule is CNCC(O)C(O)c1ccc(OC)cn1. The molecule has 1 aromatic rings. The normalized spacial score (nSPS) is 14.7. The number of aromatic nitrogens is 1. The maximum Gasteiger partial charge on any atom is 0.137 e. The molecule has 2 unspecified atom stereocenters. The number of nitrogens with zero attached hydrogens (tertiary/aromatic N) is 1. The molecule has 0 radical (unpaired) electrons. The van der Waals surface area contributed by atoms with Gasteiger partial charge < -0.3 is 20.3 Å². The van der Waals surface area contributed by atoms with Crippen molar-refractivity contribution >= 4 is 0 Å². The van der Waals surface area contributed by atoms with Crippen LogP contribution in [0.2, 0.25) is 0 Å². The van der Waals surface area contributed by atoms with Crippen molar-refractivity contribution in [2.75, 3.05) is 20.7 Å². The molecule has 15 heavy (non-hydrogen) atoms. The van der Waals surface area contributed by atoms with E-state index in [1.165, 1.54) is 6.20 Å². The Morgan fingerprint density at radius 2 is 2.20 bits per heavy atom. The number of hydrogen-bond donors (Lipinski definition) is 3. The number of ether oxygens (including phenoxy) is 1. The van der Waals surface area contributed by atoms with Crippen LogP contribution < -0.4 is 10.1 Å². The summed E-state index contributed by atoms with van der Waals surface area (Å²) in [4.78, 5) is 3.99. The van der Waals surface area contributed by atoms with E-state index in [2.05, 4.69) is 10.3 Å². The lowest BCUT2D eigenvalue weighted by atomic mass is 10.1. The highest BCUT2D eigenvalue weighted by atomic mass is 16.5. The summed E-state index contributed by atoms with van der Waals surface area (Å²) in [5.41, 5.74) is 0.429. The van der Waals surface area contributed by atoms with Gasteiger partial charge in [-0.1, -0.05) is 0 Å². The van der Waals surface area contributed by atoms with E-state index in [4.69, 9.17) is 4.74 Å². The second-order valence-electron chi connectivity index (χ2n) is 3.19. The summed E-state index contributed by atoms with van der Waals surface area (Å²) in [6.07, 6.45) is -0.343. The molecule has 1 rings (SSSR count). The van der Waals surface area contributed by atoms with Crippen LogP contribution in [0.1, 0.15) is 11.8 Å². The molecule has 1 aromatic heterocycles. The van der Waals surface area contributed by atoms with E-state index >= 15 is 0 Å². The van der Waals surface area contributed by atoms with Crippen LogP contribution in [0, 0.1) is 0 Å². The van der Waals surface area contributed by atoms with Gasteiger partial charge in [-0.3, -0.25) is 4.98 Å². The number of pyridine rings is 1. The lowest BCUT2D eigenvalue weighted by molar-refractivity contribution is 0.0176. The van der Waals surface area contributed by atoms with Crippen molar-refractivity contribution in [2.24, 2.45) is 0 Å². The van der Waals surface area contributed by atoms with E-state index in [9.17, 15) is 10.2 Å². The molecule has 0 aliphatic rings. The first-order valence-electron chi connectivity index (χ1n) is 4.69. The first-order chi connectivity index (χ1) is 7.19. The Hall–Kier alpha value is -1.17. The van der Waals surface area contributed by atoms with Crippen molar-refractivity contribution in [3.63, 3.8) is 0 Å². The van der Waals surface area contributed by atoms with Crippen LogP contribution in [0.4, 0.5) is 0 Å². The van der Waals surface area contributed by atoms with E-state index in [1.54, 1.807) is 26.3 Å². The van der Waals surface area contributed by atoms with Crippen molar-refractivity contribution < 1.29 is 14.9 Å². The lowest BCUT2D eigenvalue weighted by Gasteiger charge is -2.16. The van der Waals surface area contributed by atoms with Crippen LogP contribution >= 0.6 is 0 Å². The molecule has 5 nitrogen and oxygen atoms in total. The third-order valence-electron chi connectivity index (χ3n) is 2.08. The Balaban J connectivity index is 2.69. The Kier molecular flexibility index (Phi) is 4.48. The molecule has 0 spiro atoms. The fraction of sp³-hybridized carbons (Fsp3) is 0.500. The maximum atomic E-state index is 9.69. The summed E-state index contributed by atoms with van der Waals surface area (Å²) < 4.78 is 4.94. The molecular weight excluding hydrogens is 196 g/mol. The highest BCUT2D eigenvalue weighted by Crippen LogP contribution is 2.16. The van der Waals surface area contributed by atoms with Crippen LogP contribution in [-0.2, 0) is 0 Å². The number of rotatable bonds is 5. The molecule has 0 aliphatic heterocycles. The molecule has 1 heterocycles. The van der Waals surface area contributed by atoms with Crippen LogP contribution in [0.3, 0.4) is 0 Å². The first-order valence-corrected chi connectivity index (χ1v) is 4.69. The average Bonchev–Trinajstić information content (AvgIpc) is 2.28. The van der Waals surface area contributed by atoms with Crippen molar-refractivity contribution in [1.82, 2.24) is 10.3 Å². The predicted octanol–water partition coefficient (Wildman–Crippen LogP) is -0.296. The van der Waals surface area contributed by atoms with E-state index in [0.29, 0.717) is 18.0 Å². The lowest BCUT2D eigenvalue weighted by Crippen LogP contribution is -2.29. The number of aliphatic hydroxyl groups excluding tert-OH is 2. The van der Waals surface area contributed by atoms with Crippen molar-refractivity contribution in [3.05, 3.63) is 24.0 Å². The largest absolute Gasteiger partial charge is 0.495 e.